The molecule has 0 aromatic heterocycles. The fourth-order valence-electron chi connectivity index (χ4n) is 2.16. The van der Waals surface area contributed by atoms with Crippen molar-refractivity contribution in [2.24, 2.45) is 0 Å². The van der Waals surface area contributed by atoms with E-state index in [4.69, 9.17) is 11.6 Å². The fraction of sp³-hybridized carbons (Fsp3) is 0.462. The first-order valence-electron chi connectivity index (χ1n) is 6.10. The number of hydrogen-bond acceptors (Lipinski definition) is 2. The highest BCUT2D eigenvalue weighted by atomic mass is 35.5. The van der Waals surface area contributed by atoms with E-state index in [9.17, 15) is 9.90 Å². The van der Waals surface area contributed by atoms with E-state index in [1.165, 1.54) is 0 Å². The largest absolute Gasteiger partial charge is 0.388 e. The summed E-state index contributed by atoms with van der Waals surface area (Å²) in [7, 11) is 0. The van der Waals surface area contributed by atoms with Gasteiger partial charge in [-0.2, -0.15) is 0 Å². The van der Waals surface area contributed by atoms with E-state index in [1.54, 1.807) is 24.3 Å². The molecule has 2 rings (SSSR count). The summed E-state index contributed by atoms with van der Waals surface area (Å²) in [5.41, 5.74) is -0.0487. The van der Waals surface area contributed by atoms with E-state index < -0.39 is 5.60 Å². The Morgan fingerprint density at radius 2 is 1.89 bits per heavy atom. The van der Waals surface area contributed by atoms with E-state index in [0.29, 0.717) is 17.3 Å². The molecule has 0 heterocycles. The molecule has 1 saturated carbocycles. The summed E-state index contributed by atoms with van der Waals surface area (Å²) in [6.45, 7) is 0.298. The Balaban J connectivity index is 1.80. The molecule has 0 atom stereocenters. The highest BCUT2D eigenvalue weighted by Gasteiger charge is 2.31. The molecule has 0 aliphatic heterocycles. The van der Waals surface area contributed by atoms with Crippen LogP contribution in [0.4, 0.5) is 10.5 Å². The minimum atomic E-state index is -0.725. The van der Waals surface area contributed by atoms with Crippen molar-refractivity contribution in [3.8, 4) is 0 Å². The molecule has 0 spiro atoms. The molecule has 0 bridgehead atoms. The molecule has 98 valence electrons. The zero-order valence-electron chi connectivity index (χ0n) is 10.1. The zero-order valence-corrected chi connectivity index (χ0v) is 10.8. The SMILES string of the molecule is O=C(NCC1(O)CCCC1)Nc1ccc(Cl)cc1. The lowest BCUT2D eigenvalue weighted by Gasteiger charge is -2.22. The third-order valence-electron chi connectivity index (χ3n) is 3.21. The lowest BCUT2D eigenvalue weighted by atomic mass is 10.0. The van der Waals surface area contributed by atoms with Gasteiger partial charge in [0.05, 0.1) is 5.60 Å². The number of halogens is 1. The number of aliphatic hydroxyl groups is 1. The quantitative estimate of drug-likeness (QED) is 0.789. The van der Waals surface area contributed by atoms with Crippen LogP contribution in [0.2, 0.25) is 5.02 Å². The molecular weight excluding hydrogens is 252 g/mol. The van der Waals surface area contributed by atoms with Crippen LogP contribution in [0.15, 0.2) is 24.3 Å². The predicted molar refractivity (Wildman–Crippen MR) is 71.9 cm³/mol. The van der Waals surface area contributed by atoms with Crippen molar-refractivity contribution < 1.29 is 9.90 Å². The number of carbonyl (C=O) groups is 1. The standard InChI is InChI=1S/C13H17ClN2O2/c14-10-3-5-11(6-4-10)16-12(17)15-9-13(18)7-1-2-8-13/h3-6,18H,1-2,7-9H2,(H2,15,16,17). The van der Waals surface area contributed by atoms with E-state index in [2.05, 4.69) is 10.6 Å². The maximum atomic E-state index is 11.6. The van der Waals surface area contributed by atoms with Gasteiger partial charge in [0.2, 0.25) is 0 Å². The first-order chi connectivity index (χ1) is 8.57. The van der Waals surface area contributed by atoms with Crippen LogP contribution in [0.25, 0.3) is 0 Å². The van der Waals surface area contributed by atoms with Crippen molar-refractivity contribution in [2.45, 2.75) is 31.3 Å². The first kappa shape index (κ1) is 13.2. The Morgan fingerprint density at radius 1 is 1.28 bits per heavy atom. The molecule has 3 N–H and O–H groups in total. The van der Waals surface area contributed by atoms with E-state index in [-0.39, 0.29) is 6.03 Å². The smallest absolute Gasteiger partial charge is 0.319 e. The second kappa shape index (κ2) is 5.59. The molecule has 1 aliphatic carbocycles. The molecule has 0 unspecified atom stereocenters. The van der Waals surface area contributed by atoms with Crippen LogP contribution < -0.4 is 10.6 Å². The molecule has 0 saturated heterocycles. The first-order valence-corrected chi connectivity index (χ1v) is 6.48. The number of urea groups is 1. The molecule has 2 amide bonds. The van der Waals surface area contributed by atoms with Gasteiger partial charge in [-0.3, -0.25) is 0 Å². The van der Waals surface area contributed by atoms with Gasteiger partial charge in [-0.05, 0) is 37.1 Å². The number of hydrogen-bond donors (Lipinski definition) is 3. The van der Waals surface area contributed by atoms with Gasteiger partial charge in [-0.15, -0.1) is 0 Å². The van der Waals surface area contributed by atoms with Gasteiger partial charge in [0.1, 0.15) is 0 Å². The zero-order chi connectivity index (χ0) is 13.0. The second-order valence-electron chi connectivity index (χ2n) is 4.75. The van der Waals surface area contributed by atoms with Crippen LogP contribution in [0.1, 0.15) is 25.7 Å². The van der Waals surface area contributed by atoms with Gasteiger partial charge < -0.3 is 15.7 Å². The number of anilines is 1. The minimum absolute atomic E-state index is 0.298. The van der Waals surface area contributed by atoms with Crippen molar-refractivity contribution in [3.63, 3.8) is 0 Å². The van der Waals surface area contributed by atoms with Gasteiger partial charge in [0.25, 0.3) is 0 Å². The highest BCUT2D eigenvalue weighted by Crippen LogP contribution is 2.28. The molecule has 1 aromatic rings. The van der Waals surface area contributed by atoms with Crippen LogP contribution in [-0.4, -0.2) is 23.3 Å². The number of carbonyl (C=O) groups excluding carboxylic acids is 1. The summed E-state index contributed by atoms with van der Waals surface area (Å²) in [6, 6.07) is 6.57. The number of benzene rings is 1. The van der Waals surface area contributed by atoms with E-state index >= 15 is 0 Å². The molecule has 0 radical (unpaired) electrons. The van der Waals surface area contributed by atoms with Crippen molar-refractivity contribution >= 4 is 23.3 Å². The van der Waals surface area contributed by atoms with E-state index in [0.717, 1.165) is 25.7 Å². The van der Waals surface area contributed by atoms with Crippen molar-refractivity contribution in [1.82, 2.24) is 5.32 Å². The summed E-state index contributed by atoms with van der Waals surface area (Å²) in [4.78, 5) is 11.6. The summed E-state index contributed by atoms with van der Waals surface area (Å²) >= 11 is 5.75. The van der Waals surface area contributed by atoms with Gasteiger partial charge in [0, 0.05) is 17.3 Å². The van der Waals surface area contributed by atoms with Crippen LogP contribution in [0.5, 0.6) is 0 Å². The molecule has 18 heavy (non-hydrogen) atoms. The predicted octanol–water partition coefficient (Wildman–Crippen LogP) is 2.77. The molecule has 1 aliphatic rings. The summed E-state index contributed by atoms with van der Waals surface area (Å²) < 4.78 is 0. The van der Waals surface area contributed by atoms with Crippen LogP contribution in [0.3, 0.4) is 0 Å². The molecular formula is C13H17ClN2O2. The summed E-state index contributed by atoms with van der Waals surface area (Å²) in [6.07, 6.45) is 3.57. The van der Waals surface area contributed by atoms with Crippen LogP contribution >= 0.6 is 11.6 Å². The lowest BCUT2D eigenvalue weighted by molar-refractivity contribution is 0.0506. The van der Waals surface area contributed by atoms with Gasteiger partial charge in [-0.25, -0.2) is 4.79 Å². The summed E-state index contributed by atoms with van der Waals surface area (Å²) in [5.74, 6) is 0. The Morgan fingerprint density at radius 3 is 2.50 bits per heavy atom. The maximum Gasteiger partial charge on any atom is 0.319 e. The lowest BCUT2D eigenvalue weighted by Crippen LogP contribution is -2.42. The second-order valence-corrected chi connectivity index (χ2v) is 5.18. The van der Waals surface area contributed by atoms with E-state index in [1.807, 2.05) is 0 Å². The Kier molecular flexibility index (Phi) is 4.09. The summed E-state index contributed by atoms with van der Waals surface area (Å²) in [5, 5.41) is 16.1. The van der Waals surface area contributed by atoms with Crippen molar-refractivity contribution in [3.05, 3.63) is 29.3 Å². The third-order valence-corrected chi connectivity index (χ3v) is 3.47. The Hall–Kier alpha value is -1.26. The minimum Gasteiger partial charge on any atom is -0.388 e. The fourth-order valence-corrected chi connectivity index (χ4v) is 2.29. The monoisotopic (exact) mass is 268 g/mol. The number of nitrogens with one attached hydrogen (secondary N) is 2. The molecule has 1 fully saturated rings. The van der Waals surface area contributed by atoms with Crippen molar-refractivity contribution in [1.29, 1.82) is 0 Å². The molecule has 5 heteroatoms. The molecule has 1 aromatic carbocycles. The normalized spacial score (nSPS) is 17.4. The van der Waals surface area contributed by atoms with Gasteiger partial charge in [0.15, 0.2) is 0 Å². The highest BCUT2D eigenvalue weighted by molar-refractivity contribution is 6.30. The topological polar surface area (TPSA) is 61.4 Å². The Labute approximate surface area is 111 Å². The van der Waals surface area contributed by atoms with Crippen LogP contribution in [0, 0.1) is 0 Å². The van der Waals surface area contributed by atoms with Crippen LogP contribution in [-0.2, 0) is 0 Å². The van der Waals surface area contributed by atoms with Gasteiger partial charge >= 0.3 is 6.03 Å². The molecule has 4 nitrogen and oxygen atoms in total. The maximum absolute atomic E-state index is 11.6. The average Bonchev–Trinajstić information content (AvgIpc) is 2.78. The number of rotatable bonds is 3. The van der Waals surface area contributed by atoms with Crippen molar-refractivity contribution in [2.75, 3.05) is 11.9 Å². The van der Waals surface area contributed by atoms with Gasteiger partial charge in [-0.1, -0.05) is 24.4 Å². The third kappa shape index (κ3) is 3.62. The Bertz CT molecular complexity index is 414. The average molecular weight is 269 g/mol. The number of amides is 2.